The SMILES string of the molecule is O=C(/C=C/c1ccc(COc2ccccc2[N+](=O)[O-])o1)C1CC1. The Morgan fingerprint density at radius 1 is 1.30 bits per heavy atom. The molecule has 0 atom stereocenters. The number of hydrogen-bond acceptors (Lipinski definition) is 5. The van der Waals surface area contributed by atoms with Crippen LogP contribution < -0.4 is 4.74 Å². The average molecular weight is 313 g/mol. The first-order valence-electron chi connectivity index (χ1n) is 7.30. The van der Waals surface area contributed by atoms with Crippen molar-refractivity contribution in [1.29, 1.82) is 0 Å². The third-order valence-electron chi connectivity index (χ3n) is 3.51. The lowest BCUT2D eigenvalue weighted by Crippen LogP contribution is -1.97. The van der Waals surface area contributed by atoms with Crippen LogP contribution in [0.25, 0.3) is 6.08 Å². The van der Waals surface area contributed by atoms with Crippen LogP contribution in [0, 0.1) is 16.0 Å². The lowest BCUT2D eigenvalue weighted by atomic mass is 10.2. The number of carbonyl (C=O) groups is 1. The van der Waals surface area contributed by atoms with Gasteiger partial charge in [0.2, 0.25) is 0 Å². The molecule has 6 nitrogen and oxygen atoms in total. The molecule has 1 aliphatic rings. The Bertz CT molecular complexity index is 758. The largest absolute Gasteiger partial charge is 0.479 e. The van der Waals surface area contributed by atoms with Gasteiger partial charge >= 0.3 is 5.69 Å². The number of benzene rings is 1. The van der Waals surface area contributed by atoms with E-state index in [0.29, 0.717) is 11.5 Å². The molecule has 1 aliphatic carbocycles. The maximum absolute atomic E-state index is 11.6. The number of nitro groups is 1. The number of rotatable bonds is 7. The van der Waals surface area contributed by atoms with Crippen LogP contribution in [0.1, 0.15) is 24.4 Å². The van der Waals surface area contributed by atoms with E-state index in [0.717, 1.165) is 12.8 Å². The fourth-order valence-corrected chi connectivity index (χ4v) is 2.11. The number of hydrogen-bond donors (Lipinski definition) is 0. The van der Waals surface area contributed by atoms with Gasteiger partial charge in [-0.05, 0) is 43.2 Å². The van der Waals surface area contributed by atoms with Crippen molar-refractivity contribution < 1.29 is 18.9 Å². The molecular weight excluding hydrogens is 298 g/mol. The molecule has 1 saturated carbocycles. The predicted molar refractivity (Wildman–Crippen MR) is 82.9 cm³/mol. The van der Waals surface area contributed by atoms with E-state index in [9.17, 15) is 14.9 Å². The molecule has 0 bridgehead atoms. The van der Waals surface area contributed by atoms with Crippen molar-refractivity contribution >= 4 is 17.5 Å². The molecule has 0 aliphatic heterocycles. The third kappa shape index (κ3) is 3.85. The number of ketones is 1. The second-order valence-electron chi connectivity index (χ2n) is 5.33. The zero-order valence-corrected chi connectivity index (χ0v) is 12.3. The van der Waals surface area contributed by atoms with Gasteiger partial charge in [0.25, 0.3) is 0 Å². The molecule has 0 radical (unpaired) electrons. The van der Waals surface area contributed by atoms with Crippen LogP contribution in [0.5, 0.6) is 5.75 Å². The van der Waals surface area contributed by atoms with Crippen LogP contribution in [0.4, 0.5) is 5.69 Å². The van der Waals surface area contributed by atoms with Crippen molar-refractivity contribution in [2.24, 2.45) is 5.92 Å². The van der Waals surface area contributed by atoms with Crippen molar-refractivity contribution in [3.05, 3.63) is 64.1 Å². The maximum Gasteiger partial charge on any atom is 0.310 e. The van der Waals surface area contributed by atoms with Gasteiger partial charge in [0.1, 0.15) is 18.1 Å². The van der Waals surface area contributed by atoms with Gasteiger partial charge in [0.15, 0.2) is 11.5 Å². The normalized spacial score (nSPS) is 14.1. The number of carbonyl (C=O) groups excluding carboxylic acids is 1. The highest BCUT2D eigenvalue weighted by Gasteiger charge is 2.27. The van der Waals surface area contributed by atoms with Crippen LogP contribution in [-0.4, -0.2) is 10.7 Å². The molecule has 0 unspecified atom stereocenters. The number of ether oxygens (including phenoxy) is 1. The van der Waals surface area contributed by atoms with Gasteiger partial charge in [0.05, 0.1) is 4.92 Å². The van der Waals surface area contributed by atoms with Gasteiger partial charge in [-0.1, -0.05) is 12.1 Å². The van der Waals surface area contributed by atoms with E-state index in [4.69, 9.17) is 9.15 Å². The van der Waals surface area contributed by atoms with Crippen molar-refractivity contribution in [2.45, 2.75) is 19.4 Å². The van der Waals surface area contributed by atoms with E-state index in [-0.39, 0.29) is 29.7 Å². The molecular formula is C17H15NO5. The molecule has 1 fully saturated rings. The van der Waals surface area contributed by atoms with Gasteiger partial charge in [-0.2, -0.15) is 0 Å². The first kappa shape index (κ1) is 15.0. The van der Waals surface area contributed by atoms with Crippen LogP contribution in [0.3, 0.4) is 0 Å². The number of nitrogens with zero attached hydrogens (tertiary/aromatic N) is 1. The molecule has 1 aromatic carbocycles. The molecule has 0 saturated heterocycles. The highest BCUT2D eigenvalue weighted by atomic mass is 16.6. The summed E-state index contributed by atoms with van der Waals surface area (Å²) in [6.07, 6.45) is 5.10. The van der Waals surface area contributed by atoms with E-state index >= 15 is 0 Å². The Kier molecular flexibility index (Phi) is 4.23. The molecule has 0 N–H and O–H groups in total. The standard InChI is InChI=1S/C17H15NO5/c19-16(12-5-6-12)10-9-13-7-8-14(23-13)11-22-17-4-2-1-3-15(17)18(20)21/h1-4,7-10,12H,5-6,11H2/b10-9+. The minimum Gasteiger partial charge on any atom is -0.479 e. The summed E-state index contributed by atoms with van der Waals surface area (Å²) in [7, 11) is 0. The van der Waals surface area contributed by atoms with E-state index in [1.54, 1.807) is 30.3 Å². The fourth-order valence-electron chi connectivity index (χ4n) is 2.11. The van der Waals surface area contributed by atoms with Crippen molar-refractivity contribution in [3.63, 3.8) is 0 Å². The Morgan fingerprint density at radius 2 is 2.09 bits per heavy atom. The summed E-state index contributed by atoms with van der Waals surface area (Å²) < 4.78 is 11.0. The Balaban J connectivity index is 1.61. The Labute approximate surface area is 132 Å². The van der Waals surface area contributed by atoms with Crippen LogP contribution >= 0.6 is 0 Å². The highest BCUT2D eigenvalue weighted by Crippen LogP contribution is 2.30. The summed E-state index contributed by atoms with van der Waals surface area (Å²) in [5.74, 6) is 1.58. The monoisotopic (exact) mass is 313 g/mol. The smallest absolute Gasteiger partial charge is 0.310 e. The summed E-state index contributed by atoms with van der Waals surface area (Å²) in [6, 6.07) is 9.62. The zero-order chi connectivity index (χ0) is 16.2. The molecule has 118 valence electrons. The van der Waals surface area contributed by atoms with Crippen LogP contribution in [0.2, 0.25) is 0 Å². The lowest BCUT2D eigenvalue weighted by molar-refractivity contribution is -0.386. The van der Waals surface area contributed by atoms with Crippen LogP contribution in [-0.2, 0) is 11.4 Å². The van der Waals surface area contributed by atoms with E-state index < -0.39 is 4.92 Å². The molecule has 0 amide bonds. The quantitative estimate of drug-likeness (QED) is 0.441. The first-order chi connectivity index (χ1) is 11.1. The third-order valence-corrected chi connectivity index (χ3v) is 3.51. The summed E-state index contributed by atoms with van der Waals surface area (Å²) >= 11 is 0. The molecule has 0 spiro atoms. The number of para-hydroxylation sites is 2. The average Bonchev–Trinajstić information content (AvgIpc) is 3.31. The van der Waals surface area contributed by atoms with Crippen molar-refractivity contribution in [2.75, 3.05) is 0 Å². The molecule has 1 aromatic heterocycles. The minimum absolute atomic E-state index is 0.0786. The van der Waals surface area contributed by atoms with E-state index in [2.05, 4.69) is 0 Å². The summed E-state index contributed by atoms with van der Waals surface area (Å²) in [4.78, 5) is 22.0. The maximum atomic E-state index is 11.6. The van der Waals surface area contributed by atoms with Gasteiger partial charge in [-0.15, -0.1) is 0 Å². The number of allylic oxidation sites excluding steroid dienone is 1. The molecule has 1 heterocycles. The Hall–Kier alpha value is -2.89. The van der Waals surface area contributed by atoms with E-state index in [1.165, 1.54) is 18.2 Å². The predicted octanol–water partition coefficient (Wildman–Crippen LogP) is 3.76. The molecule has 2 aromatic rings. The zero-order valence-electron chi connectivity index (χ0n) is 12.3. The molecule has 23 heavy (non-hydrogen) atoms. The van der Waals surface area contributed by atoms with Gasteiger partial charge in [-0.3, -0.25) is 14.9 Å². The van der Waals surface area contributed by atoms with Crippen molar-refractivity contribution in [3.8, 4) is 5.75 Å². The first-order valence-corrected chi connectivity index (χ1v) is 7.30. The number of nitro benzene ring substituents is 1. The van der Waals surface area contributed by atoms with Crippen LogP contribution in [0.15, 0.2) is 46.9 Å². The second kappa shape index (κ2) is 6.48. The van der Waals surface area contributed by atoms with Gasteiger partial charge in [0, 0.05) is 12.0 Å². The van der Waals surface area contributed by atoms with E-state index in [1.807, 2.05) is 0 Å². The summed E-state index contributed by atoms with van der Waals surface area (Å²) in [5.41, 5.74) is -0.0887. The molecule has 6 heteroatoms. The molecule has 3 rings (SSSR count). The highest BCUT2D eigenvalue weighted by molar-refractivity contribution is 5.96. The second-order valence-corrected chi connectivity index (χ2v) is 5.33. The van der Waals surface area contributed by atoms with Gasteiger partial charge < -0.3 is 9.15 Å². The lowest BCUT2D eigenvalue weighted by Gasteiger charge is -2.04. The Morgan fingerprint density at radius 3 is 2.83 bits per heavy atom. The fraction of sp³-hybridized carbons (Fsp3) is 0.235. The van der Waals surface area contributed by atoms with Crippen molar-refractivity contribution in [1.82, 2.24) is 0 Å². The topological polar surface area (TPSA) is 82.6 Å². The summed E-state index contributed by atoms with van der Waals surface area (Å²) in [6.45, 7) is 0.0786. The summed E-state index contributed by atoms with van der Waals surface area (Å²) in [5, 5.41) is 10.9. The minimum atomic E-state index is -0.491. The number of furan rings is 1. The van der Waals surface area contributed by atoms with Gasteiger partial charge in [-0.25, -0.2) is 0 Å².